The molecule has 0 unspecified atom stereocenters. The van der Waals surface area contributed by atoms with Gasteiger partial charge in [0.1, 0.15) is 5.75 Å². The maximum absolute atomic E-state index is 5.64. The van der Waals surface area contributed by atoms with Crippen molar-refractivity contribution < 1.29 is 4.74 Å². The van der Waals surface area contributed by atoms with Gasteiger partial charge in [0.05, 0.1) is 6.10 Å². The van der Waals surface area contributed by atoms with Gasteiger partial charge < -0.3 is 10.1 Å². The van der Waals surface area contributed by atoms with Gasteiger partial charge in [0.15, 0.2) is 0 Å². The Hall–Kier alpha value is -1.02. The minimum absolute atomic E-state index is 0.250. The second kappa shape index (κ2) is 6.79. The number of hydrogen-bond acceptors (Lipinski definition) is 2. The molecule has 0 spiro atoms. The molecule has 1 fully saturated rings. The van der Waals surface area contributed by atoms with E-state index in [2.05, 4.69) is 43.4 Å². The van der Waals surface area contributed by atoms with Crippen molar-refractivity contribution in [2.24, 2.45) is 0 Å². The average Bonchev–Trinajstić information content (AvgIpc) is 2.84. The van der Waals surface area contributed by atoms with Gasteiger partial charge in [-0.2, -0.15) is 0 Å². The molecule has 18 heavy (non-hydrogen) atoms. The molecule has 0 aliphatic heterocycles. The summed E-state index contributed by atoms with van der Waals surface area (Å²) in [6, 6.07) is 9.27. The standard InChI is InChI=1S/C16H25NO/c1-13(2)18-16-9-7-14(8-10-16)11-12-17-15-5-3-4-6-15/h7-10,13,15,17H,3-6,11-12H2,1-2H3. The average molecular weight is 247 g/mol. The van der Waals surface area contributed by atoms with E-state index in [1.165, 1.54) is 31.2 Å². The van der Waals surface area contributed by atoms with Crippen molar-refractivity contribution in [3.63, 3.8) is 0 Å². The molecule has 1 saturated carbocycles. The van der Waals surface area contributed by atoms with E-state index >= 15 is 0 Å². The molecule has 1 aliphatic carbocycles. The SMILES string of the molecule is CC(C)Oc1ccc(CCNC2CCCC2)cc1. The van der Waals surface area contributed by atoms with Crippen LogP contribution in [0.1, 0.15) is 45.1 Å². The number of benzene rings is 1. The van der Waals surface area contributed by atoms with E-state index in [1.54, 1.807) is 0 Å². The van der Waals surface area contributed by atoms with Crippen LogP contribution >= 0.6 is 0 Å². The fourth-order valence-corrected chi connectivity index (χ4v) is 2.56. The van der Waals surface area contributed by atoms with Gasteiger partial charge in [0.25, 0.3) is 0 Å². The molecule has 0 aromatic heterocycles. The number of nitrogens with one attached hydrogen (secondary N) is 1. The highest BCUT2D eigenvalue weighted by molar-refractivity contribution is 5.27. The minimum Gasteiger partial charge on any atom is -0.491 e. The van der Waals surface area contributed by atoms with Gasteiger partial charge in [0, 0.05) is 6.04 Å². The minimum atomic E-state index is 0.250. The van der Waals surface area contributed by atoms with Gasteiger partial charge in [-0.1, -0.05) is 25.0 Å². The van der Waals surface area contributed by atoms with E-state index < -0.39 is 0 Å². The van der Waals surface area contributed by atoms with Crippen molar-refractivity contribution in [1.82, 2.24) is 5.32 Å². The molecule has 2 nitrogen and oxygen atoms in total. The quantitative estimate of drug-likeness (QED) is 0.830. The van der Waals surface area contributed by atoms with Crippen molar-refractivity contribution in [2.45, 2.75) is 58.1 Å². The Kier molecular flexibility index (Phi) is 5.06. The second-order valence-corrected chi connectivity index (χ2v) is 5.50. The first-order valence-electron chi connectivity index (χ1n) is 7.23. The van der Waals surface area contributed by atoms with Crippen LogP contribution in [0.2, 0.25) is 0 Å². The Morgan fingerprint density at radius 2 is 1.83 bits per heavy atom. The Labute approximate surface area is 111 Å². The first kappa shape index (κ1) is 13.4. The summed E-state index contributed by atoms with van der Waals surface area (Å²) in [4.78, 5) is 0. The van der Waals surface area contributed by atoms with Gasteiger partial charge in [-0.05, 0) is 57.4 Å². The molecule has 2 rings (SSSR count). The van der Waals surface area contributed by atoms with Crippen molar-refractivity contribution in [1.29, 1.82) is 0 Å². The summed E-state index contributed by atoms with van der Waals surface area (Å²) in [5.74, 6) is 0.970. The van der Waals surface area contributed by atoms with Crippen LogP contribution in [-0.4, -0.2) is 18.7 Å². The van der Waals surface area contributed by atoms with Gasteiger partial charge >= 0.3 is 0 Å². The molecule has 1 N–H and O–H groups in total. The molecule has 2 heteroatoms. The van der Waals surface area contributed by atoms with E-state index in [9.17, 15) is 0 Å². The molecule has 0 bridgehead atoms. The monoisotopic (exact) mass is 247 g/mol. The van der Waals surface area contributed by atoms with Crippen LogP contribution < -0.4 is 10.1 Å². The smallest absolute Gasteiger partial charge is 0.119 e. The van der Waals surface area contributed by atoms with Gasteiger partial charge in [-0.25, -0.2) is 0 Å². The molecule has 0 atom stereocenters. The van der Waals surface area contributed by atoms with Crippen LogP contribution in [0.25, 0.3) is 0 Å². The lowest BCUT2D eigenvalue weighted by atomic mass is 10.1. The van der Waals surface area contributed by atoms with Crippen LogP contribution in [-0.2, 0) is 6.42 Å². The summed E-state index contributed by atoms with van der Waals surface area (Å²) in [6.07, 6.45) is 6.89. The maximum atomic E-state index is 5.64. The van der Waals surface area contributed by atoms with Gasteiger partial charge in [-0.15, -0.1) is 0 Å². The van der Waals surface area contributed by atoms with Crippen molar-refractivity contribution in [3.8, 4) is 5.75 Å². The molecule has 0 heterocycles. The fourth-order valence-electron chi connectivity index (χ4n) is 2.56. The fraction of sp³-hybridized carbons (Fsp3) is 0.625. The summed E-state index contributed by atoms with van der Waals surface area (Å²) in [5, 5.41) is 3.65. The van der Waals surface area contributed by atoms with E-state index in [0.29, 0.717) is 0 Å². The molecule has 0 radical (unpaired) electrons. The Bertz CT molecular complexity index is 339. The summed E-state index contributed by atoms with van der Waals surface area (Å²) in [7, 11) is 0. The third kappa shape index (κ3) is 4.34. The zero-order valence-electron chi connectivity index (χ0n) is 11.6. The Morgan fingerprint density at radius 1 is 1.17 bits per heavy atom. The van der Waals surface area contributed by atoms with Gasteiger partial charge in [-0.3, -0.25) is 0 Å². The lowest BCUT2D eigenvalue weighted by molar-refractivity contribution is 0.242. The van der Waals surface area contributed by atoms with E-state index in [-0.39, 0.29) is 6.10 Å². The molecule has 1 aliphatic rings. The Morgan fingerprint density at radius 3 is 2.44 bits per heavy atom. The number of hydrogen-bond donors (Lipinski definition) is 1. The third-order valence-corrected chi connectivity index (χ3v) is 3.50. The number of rotatable bonds is 6. The molecule has 100 valence electrons. The lowest BCUT2D eigenvalue weighted by Crippen LogP contribution is -2.27. The van der Waals surface area contributed by atoms with Crippen LogP contribution in [0, 0.1) is 0 Å². The summed E-state index contributed by atoms with van der Waals surface area (Å²) in [6.45, 7) is 5.20. The van der Waals surface area contributed by atoms with Crippen molar-refractivity contribution in [3.05, 3.63) is 29.8 Å². The predicted molar refractivity (Wildman–Crippen MR) is 76.2 cm³/mol. The van der Waals surface area contributed by atoms with Crippen molar-refractivity contribution in [2.75, 3.05) is 6.54 Å². The summed E-state index contributed by atoms with van der Waals surface area (Å²) >= 11 is 0. The zero-order chi connectivity index (χ0) is 12.8. The summed E-state index contributed by atoms with van der Waals surface area (Å²) in [5.41, 5.74) is 1.39. The molecule has 0 saturated heterocycles. The normalized spacial score (nSPS) is 16.4. The summed E-state index contributed by atoms with van der Waals surface area (Å²) < 4.78 is 5.64. The van der Waals surface area contributed by atoms with Crippen molar-refractivity contribution >= 4 is 0 Å². The van der Waals surface area contributed by atoms with Crippen LogP contribution in [0.3, 0.4) is 0 Å². The van der Waals surface area contributed by atoms with Gasteiger partial charge in [0.2, 0.25) is 0 Å². The Balaban J connectivity index is 1.72. The van der Waals surface area contributed by atoms with Crippen LogP contribution in [0.5, 0.6) is 5.75 Å². The highest BCUT2D eigenvalue weighted by Crippen LogP contribution is 2.18. The number of ether oxygens (including phenoxy) is 1. The maximum Gasteiger partial charge on any atom is 0.119 e. The molecular formula is C16H25NO. The highest BCUT2D eigenvalue weighted by atomic mass is 16.5. The molecule has 0 amide bonds. The first-order valence-corrected chi connectivity index (χ1v) is 7.23. The predicted octanol–water partition coefficient (Wildman–Crippen LogP) is 3.55. The van der Waals surface area contributed by atoms with E-state index in [4.69, 9.17) is 4.74 Å². The molecule has 1 aromatic carbocycles. The van der Waals surface area contributed by atoms with E-state index in [1.807, 2.05) is 0 Å². The third-order valence-electron chi connectivity index (χ3n) is 3.50. The zero-order valence-corrected chi connectivity index (χ0v) is 11.6. The second-order valence-electron chi connectivity index (χ2n) is 5.50. The van der Waals surface area contributed by atoms with E-state index in [0.717, 1.165) is 24.8 Å². The van der Waals surface area contributed by atoms with Crippen LogP contribution in [0.15, 0.2) is 24.3 Å². The lowest BCUT2D eigenvalue weighted by Gasteiger charge is -2.12. The molecular weight excluding hydrogens is 222 g/mol. The first-order chi connectivity index (χ1) is 8.74. The van der Waals surface area contributed by atoms with Crippen LogP contribution in [0.4, 0.5) is 0 Å². The molecule has 1 aromatic rings. The largest absolute Gasteiger partial charge is 0.491 e. The highest BCUT2D eigenvalue weighted by Gasteiger charge is 2.13. The topological polar surface area (TPSA) is 21.3 Å².